The molecule has 0 aliphatic carbocycles. The van der Waals surface area contributed by atoms with E-state index < -0.39 is 0 Å². The normalized spacial score (nSPS) is 15.1. The monoisotopic (exact) mass is 362 g/mol. The number of amides is 1. The van der Waals surface area contributed by atoms with Crippen molar-refractivity contribution < 1.29 is 4.79 Å². The van der Waals surface area contributed by atoms with E-state index in [2.05, 4.69) is 52.0 Å². The maximum absolute atomic E-state index is 12.5. The predicted octanol–water partition coefficient (Wildman–Crippen LogP) is 3.02. The third-order valence-electron chi connectivity index (χ3n) is 5.40. The van der Waals surface area contributed by atoms with E-state index in [1.165, 1.54) is 0 Å². The molecule has 0 saturated carbocycles. The van der Waals surface area contributed by atoms with Crippen LogP contribution in [-0.2, 0) is 6.54 Å². The highest BCUT2D eigenvalue weighted by Gasteiger charge is 2.15. The van der Waals surface area contributed by atoms with Gasteiger partial charge in [-0.2, -0.15) is 0 Å². The Morgan fingerprint density at radius 1 is 1.04 bits per heavy atom. The molecule has 140 valence electrons. The lowest BCUT2D eigenvalue weighted by atomic mass is 9.98. The summed E-state index contributed by atoms with van der Waals surface area (Å²) in [5, 5.41) is 7.47. The Morgan fingerprint density at radius 3 is 2.52 bits per heavy atom. The van der Waals surface area contributed by atoms with E-state index in [4.69, 9.17) is 5.73 Å². The lowest BCUT2D eigenvalue weighted by Crippen LogP contribution is -2.36. The van der Waals surface area contributed by atoms with Crippen LogP contribution < -0.4 is 16.4 Å². The fourth-order valence-electron chi connectivity index (χ4n) is 3.69. The van der Waals surface area contributed by atoms with Crippen LogP contribution in [-0.4, -0.2) is 30.5 Å². The molecule has 0 radical (unpaired) electrons. The third kappa shape index (κ3) is 4.04. The number of rotatable bonds is 5. The van der Waals surface area contributed by atoms with Gasteiger partial charge in [0.1, 0.15) is 5.69 Å². The number of fused-ring (bicyclic) bond motifs is 1. The quantitative estimate of drug-likeness (QED) is 0.563. The summed E-state index contributed by atoms with van der Waals surface area (Å²) in [6.45, 7) is 3.38. The molecular weight excluding hydrogens is 336 g/mol. The van der Waals surface area contributed by atoms with E-state index in [1.807, 2.05) is 12.1 Å². The largest absolute Gasteiger partial charge is 0.351 e. The number of carbonyl (C=O) groups is 1. The first kappa shape index (κ1) is 17.8. The molecule has 0 spiro atoms. The maximum Gasteiger partial charge on any atom is 0.267 e. The number of carbonyl (C=O) groups excluding carboxylic acids is 1. The van der Waals surface area contributed by atoms with Gasteiger partial charge in [0.25, 0.3) is 5.91 Å². The van der Waals surface area contributed by atoms with Crippen molar-refractivity contribution in [1.29, 1.82) is 0 Å². The lowest BCUT2D eigenvalue weighted by Gasteiger charge is -2.22. The summed E-state index contributed by atoms with van der Waals surface area (Å²) >= 11 is 0. The zero-order valence-corrected chi connectivity index (χ0v) is 15.4. The molecule has 1 aliphatic heterocycles. The Hall–Kier alpha value is -2.63. The highest BCUT2D eigenvalue weighted by Crippen LogP contribution is 2.25. The standard InChI is InChI=1S/C22H26N4O/c23-13-15-1-3-17(4-2-15)18-5-6-20-19(11-18)12-21(26-20)22(27)25-14-16-7-9-24-10-8-16/h1-6,11-12,16,24,26H,7-10,13-14,23H2,(H,25,27). The van der Waals surface area contributed by atoms with Crippen LogP contribution in [0.5, 0.6) is 0 Å². The Morgan fingerprint density at radius 2 is 1.78 bits per heavy atom. The molecule has 2 heterocycles. The number of aromatic nitrogens is 1. The van der Waals surface area contributed by atoms with Crippen molar-refractivity contribution in [3.8, 4) is 11.1 Å². The van der Waals surface area contributed by atoms with Crippen molar-refractivity contribution >= 4 is 16.8 Å². The Balaban J connectivity index is 1.48. The smallest absolute Gasteiger partial charge is 0.267 e. The second-order valence-corrected chi connectivity index (χ2v) is 7.29. The minimum Gasteiger partial charge on any atom is -0.351 e. The number of hydrogen-bond donors (Lipinski definition) is 4. The Kier molecular flexibility index (Phi) is 5.23. The molecule has 1 aromatic heterocycles. The summed E-state index contributed by atoms with van der Waals surface area (Å²) in [4.78, 5) is 15.8. The average Bonchev–Trinajstić information content (AvgIpc) is 3.16. The third-order valence-corrected chi connectivity index (χ3v) is 5.40. The van der Waals surface area contributed by atoms with E-state index in [0.717, 1.165) is 60.1 Å². The highest BCUT2D eigenvalue weighted by molar-refractivity contribution is 5.98. The van der Waals surface area contributed by atoms with Gasteiger partial charge in [-0.3, -0.25) is 4.79 Å². The Bertz CT molecular complexity index is 923. The zero-order valence-electron chi connectivity index (χ0n) is 15.4. The minimum atomic E-state index is -0.0291. The minimum absolute atomic E-state index is 0.0291. The van der Waals surface area contributed by atoms with Gasteiger partial charge in [0.05, 0.1) is 0 Å². The van der Waals surface area contributed by atoms with E-state index in [1.54, 1.807) is 0 Å². The van der Waals surface area contributed by atoms with Gasteiger partial charge in [0.15, 0.2) is 0 Å². The molecule has 3 aromatic rings. The second-order valence-electron chi connectivity index (χ2n) is 7.29. The topological polar surface area (TPSA) is 82.9 Å². The summed E-state index contributed by atoms with van der Waals surface area (Å²) in [5.41, 5.74) is 10.7. The SMILES string of the molecule is NCc1ccc(-c2ccc3[nH]c(C(=O)NCC4CCNCC4)cc3c2)cc1. The van der Waals surface area contributed by atoms with Crippen molar-refractivity contribution in [1.82, 2.24) is 15.6 Å². The molecule has 5 N–H and O–H groups in total. The molecule has 1 saturated heterocycles. The van der Waals surface area contributed by atoms with Gasteiger partial charge in [-0.25, -0.2) is 0 Å². The number of aromatic amines is 1. The first-order valence-corrected chi connectivity index (χ1v) is 9.64. The predicted molar refractivity (Wildman–Crippen MR) is 110 cm³/mol. The summed E-state index contributed by atoms with van der Waals surface area (Å²) in [6.07, 6.45) is 2.25. The van der Waals surface area contributed by atoms with Gasteiger partial charge in [-0.15, -0.1) is 0 Å². The van der Waals surface area contributed by atoms with Gasteiger partial charge in [0.2, 0.25) is 0 Å². The number of piperidine rings is 1. The van der Waals surface area contributed by atoms with Crippen LogP contribution in [0, 0.1) is 5.92 Å². The number of H-pyrrole nitrogens is 1. The summed E-state index contributed by atoms with van der Waals surface area (Å²) in [6, 6.07) is 16.4. The lowest BCUT2D eigenvalue weighted by molar-refractivity contribution is 0.0940. The summed E-state index contributed by atoms with van der Waals surface area (Å²) in [7, 11) is 0. The number of nitrogens with two attached hydrogens (primary N) is 1. The van der Waals surface area contributed by atoms with E-state index in [9.17, 15) is 4.79 Å². The molecule has 1 amide bonds. The molecule has 27 heavy (non-hydrogen) atoms. The van der Waals surface area contributed by atoms with Crippen molar-refractivity contribution in [2.45, 2.75) is 19.4 Å². The van der Waals surface area contributed by atoms with Crippen LogP contribution in [0.25, 0.3) is 22.0 Å². The molecule has 4 rings (SSSR count). The van der Waals surface area contributed by atoms with Gasteiger partial charge in [-0.05, 0) is 66.7 Å². The first-order chi connectivity index (χ1) is 13.2. The van der Waals surface area contributed by atoms with Crippen LogP contribution >= 0.6 is 0 Å². The van der Waals surface area contributed by atoms with Crippen molar-refractivity contribution in [3.05, 3.63) is 59.8 Å². The van der Waals surface area contributed by atoms with Crippen molar-refractivity contribution in [3.63, 3.8) is 0 Å². The fraction of sp³-hybridized carbons (Fsp3) is 0.318. The fourth-order valence-corrected chi connectivity index (χ4v) is 3.69. The van der Waals surface area contributed by atoms with E-state index >= 15 is 0 Å². The van der Waals surface area contributed by atoms with Crippen LogP contribution in [0.15, 0.2) is 48.5 Å². The van der Waals surface area contributed by atoms with Crippen LogP contribution in [0.2, 0.25) is 0 Å². The van der Waals surface area contributed by atoms with Gasteiger partial charge >= 0.3 is 0 Å². The van der Waals surface area contributed by atoms with Crippen LogP contribution in [0.4, 0.5) is 0 Å². The molecule has 0 bridgehead atoms. The highest BCUT2D eigenvalue weighted by atomic mass is 16.1. The summed E-state index contributed by atoms with van der Waals surface area (Å²) < 4.78 is 0. The molecule has 5 nitrogen and oxygen atoms in total. The summed E-state index contributed by atoms with van der Waals surface area (Å²) in [5.74, 6) is 0.543. The van der Waals surface area contributed by atoms with E-state index in [0.29, 0.717) is 18.2 Å². The average molecular weight is 362 g/mol. The number of benzene rings is 2. The molecule has 0 atom stereocenters. The maximum atomic E-state index is 12.5. The number of nitrogens with one attached hydrogen (secondary N) is 3. The van der Waals surface area contributed by atoms with Crippen LogP contribution in [0.1, 0.15) is 28.9 Å². The van der Waals surface area contributed by atoms with Crippen molar-refractivity contribution in [2.75, 3.05) is 19.6 Å². The molecule has 0 unspecified atom stereocenters. The van der Waals surface area contributed by atoms with Gasteiger partial charge < -0.3 is 21.4 Å². The molecular formula is C22H26N4O. The molecule has 1 aliphatic rings. The Labute approximate surface area is 159 Å². The first-order valence-electron chi connectivity index (χ1n) is 9.64. The van der Waals surface area contributed by atoms with E-state index in [-0.39, 0.29) is 5.91 Å². The number of hydrogen-bond acceptors (Lipinski definition) is 3. The zero-order chi connectivity index (χ0) is 18.6. The van der Waals surface area contributed by atoms with Gasteiger partial charge in [-0.1, -0.05) is 30.3 Å². The van der Waals surface area contributed by atoms with Crippen molar-refractivity contribution in [2.24, 2.45) is 11.7 Å². The molecule has 5 heteroatoms. The van der Waals surface area contributed by atoms with Gasteiger partial charge in [0, 0.05) is 24.0 Å². The molecule has 2 aromatic carbocycles. The van der Waals surface area contributed by atoms with Crippen LogP contribution in [0.3, 0.4) is 0 Å². The second kappa shape index (κ2) is 7.94. The molecule has 1 fully saturated rings.